The molecule has 3 nitrogen and oxygen atoms in total. The summed E-state index contributed by atoms with van der Waals surface area (Å²) in [5, 5.41) is 10.8. The fourth-order valence-electron chi connectivity index (χ4n) is 4.20. The van der Waals surface area contributed by atoms with Crippen LogP contribution in [0.15, 0.2) is 24.3 Å². The molecule has 4 unspecified atom stereocenters. The Hall–Kier alpha value is -0.900. The van der Waals surface area contributed by atoms with Crippen molar-refractivity contribution in [3.8, 4) is 0 Å². The molecule has 0 aromatic heterocycles. The highest BCUT2D eigenvalue weighted by atomic mass is 16.3. The Morgan fingerprint density at radius 3 is 2.52 bits per heavy atom. The van der Waals surface area contributed by atoms with Gasteiger partial charge < -0.3 is 5.11 Å². The molecule has 1 aromatic rings. The number of aliphatic hydroxyl groups is 1. The van der Waals surface area contributed by atoms with E-state index in [9.17, 15) is 5.11 Å². The van der Waals surface area contributed by atoms with Crippen molar-refractivity contribution in [3.05, 3.63) is 35.4 Å². The summed E-state index contributed by atoms with van der Waals surface area (Å²) in [5.41, 5.74) is 2.48. The van der Waals surface area contributed by atoms with E-state index in [1.165, 1.54) is 5.56 Å². The second kappa shape index (κ2) is 6.07. The number of piperazine rings is 1. The Morgan fingerprint density at radius 1 is 1.14 bits per heavy atom. The number of nitrogens with zero attached hydrogens (tertiary/aromatic N) is 2. The van der Waals surface area contributed by atoms with Gasteiger partial charge in [0.25, 0.3) is 0 Å². The second-order valence-electron chi connectivity index (χ2n) is 6.75. The lowest BCUT2D eigenvalue weighted by atomic mass is 9.78. The lowest BCUT2D eigenvalue weighted by Gasteiger charge is -2.47. The minimum absolute atomic E-state index is 0.274. The average molecular weight is 288 g/mol. The summed E-state index contributed by atoms with van der Waals surface area (Å²) < 4.78 is 0. The lowest BCUT2D eigenvalue weighted by molar-refractivity contribution is -0.0111. The lowest BCUT2D eigenvalue weighted by Crippen LogP contribution is -2.56. The fourth-order valence-corrected chi connectivity index (χ4v) is 4.20. The van der Waals surface area contributed by atoms with Gasteiger partial charge in [0.05, 0.1) is 6.10 Å². The SMILES string of the molecule is CCN1CCN(C2CC(C)c3ccccc3C2O)CC1C. The van der Waals surface area contributed by atoms with E-state index in [1.807, 2.05) is 0 Å². The number of likely N-dealkylation sites (N-methyl/N-ethyl adjacent to an activating group) is 1. The number of fused-ring (bicyclic) bond motifs is 1. The summed E-state index contributed by atoms with van der Waals surface area (Å²) in [7, 11) is 0. The zero-order chi connectivity index (χ0) is 15.0. The number of benzene rings is 1. The predicted octanol–water partition coefficient (Wildman–Crippen LogP) is 2.62. The number of hydrogen-bond donors (Lipinski definition) is 1. The van der Waals surface area contributed by atoms with Gasteiger partial charge in [-0.3, -0.25) is 9.80 Å². The normalized spacial score (nSPS) is 34.7. The molecule has 3 heteroatoms. The van der Waals surface area contributed by atoms with Crippen molar-refractivity contribution in [2.45, 2.75) is 51.3 Å². The van der Waals surface area contributed by atoms with Crippen LogP contribution in [0.5, 0.6) is 0 Å². The first-order valence-electron chi connectivity index (χ1n) is 8.36. The minimum atomic E-state index is -0.335. The van der Waals surface area contributed by atoms with Gasteiger partial charge in [-0.1, -0.05) is 38.1 Å². The fraction of sp³-hybridized carbons (Fsp3) is 0.667. The molecule has 4 atom stereocenters. The summed E-state index contributed by atoms with van der Waals surface area (Å²) in [6, 6.07) is 9.28. The molecule has 1 saturated heterocycles. The Balaban J connectivity index is 1.79. The van der Waals surface area contributed by atoms with Crippen LogP contribution in [0.25, 0.3) is 0 Å². The first-order valence-corrected chi connectivity index (χ1v) is 8.36. The van der Waals surface area contributed by atoms with Crippen LogP contribution in [-0.4, -0.2) is 53.2 Å². The molecule has 21 heavy (non-hydrogen) atoms. The van der Waals surface area contributed by atoms with Crippen molar-refractivity contribution in [1.82, 2.24) is 9.80 Å². The molecule has 116 valence electrons. The van der Waals surface area contributed by atoms with E-state index in [2.05, 4.69) is 54.8 Å². The van der Waals surface area contributed by atoms with E-state index >= 15 is 0 Å². The largest absolute Gasteiger partial charge is 0.387 e. The zero-order valence-corrected chi connectivity index (χ0v) is 13.5. The van der Waals surface area contributed by atoms with E-state index in [1.54, 1.807) is 0 Å². The van der Waals surface area contributed by atoms with Crippen LogP contribution in [0.3, 0.4) is 0 Å². The molecule has 1 aliphatic heterocycles. The summed E-state index contributed by atoms with van der Waals surface area (Å²) in [5.74, 6) is 0.536. The van der Waals surface area contributed by atoms with E-state index in [4.69, 9.17) is 0 Å². The molecule has 1 aromatic carbocycles. The first-order chi connectivity index (χ1) is 10.1. The van der Waals surface area contributed by atoms with Crippen molar-refractivity contribution in [2.75, 3.05) is 26.2 Å². The molecule has 0 amide bonds. The summed E-state index contributed by atoms with van der Waals surface area (Å²) in [6.45, 7) is 11.2. The molecule has 1 aliphatic carbocycles. The van der Waals surface area contributed by atoms with Gasteiger partial charge in [-0.25, -0.2) is 0 Å². The number of aliphatic hydroxyl groups excluding tert-OH is 1. The van der Waals surface area contributed by atoms with Crippen LogP contribution < -0.4 is 0 Å². The van der Waals surface area contributed by atoms with Crippen LogP contribution in [0, 0.1) is 0 Å². The molecule has 0 bridgehead atoms. The van der Waals surface area contributed by atoms with Crippen LogP contribution in [0.1, 0.15) is 50.3 Å². The highest BCUT2D eigenvalue weighted by Gasteiger charge is 2.37. The van der Waals surface area contributed by atoms with Gasteiger partial charge in [0.15, 0.2) is 0 Å². The maximum absolute atomic E-state index is 10.8. The quantitative estimate of drug-likeness (QED) is 0.906. The van der Waals surface area contributed by atoms with Crippen molar-refractivity contribution < 1.29 is 5.11 Å². The van der Waals surface area contributed by atoms with Crippen molar-refractivity contribution >= 4 is 0 Å². The second-order valence-corrected chi connectivity index (χ2v) is 6.75. The van der Waals surface area contributed by atoms with E-state index < -0.39 is 0 Å². The third kappa shape index (κ3) is 2.75. The van der Waals surface area contributed by atoms with Gasteiger partial charge >= 0.3 is 0 Å². The predicted molar refractivity (Wildman–Crippen MR) is 86.5 cm³/mol. The maximum Gasteiger partial charge on any atom is 0.0948 e. The topological polar surface area (TPSA) is 26.7 Å². The summed E-state index contributed by atoms with van der Waals surface area (Å²) >= 11 is 0. The van der Waals surface area contributed by atoms with Crippen LogP contribution in [0.2, 0.25) is 0 Å². The third-order valence-electron chi connectivity index (χ3n) is 5.48. The zero-order valence-electron chi connectivity index (χ0n) is 13.5. The first kappa shape index (κ1) is 15.0. The Bertz CT molecular complexity index is 490. The number of rotatable bonds is 2. The van der Waals surface area contributed by atoms with Crippen LogP contribution in [0.4, 0.5) is 0 Å². The van der Waals surface area contributed by atoms with E-state index in [-0.39, 0.29) is 12.1 Å². The molecule has 0 radical (unpaired) electrons. The molecule has 1 N–H and O–H groups in total. The van der Waals surface area contributed by atoms with Crippen LogP contribution in [-0.2, 0) is 0 Å². The monoisotopic (exact) mass is 288 g/mol. The molecular formula is C18H28N2O. The molecule has 0 saturated carbocycles. The summed E-state index contributed by atoms with van der Waals surface area (Å²) in [4.78, 5) is 5.05. The Morgan fingerprint density at radius 2 is 1.86 bits per heavy atom. The van der Waals surface area contributed by atoms with Gasteiger partial charge in [0.2, 0.25) is 0 Å². The average Bonchev–Trinajstić information content (AvgIpc) is 2.51. The summed E-state index contributed by atoms with van der Waals surface area (Å²) in [6.07, 6.45) is 0.731. The van der Waals surface area contributed by atoms with Crippen molar-refractivity contribution in [1.29, 1.82) is 0 Å². The van der Waals surface area contributed by atoms with Crippen molar-refractivity contribution in [2.24, 2.45) is 0 Å². The van der Waals surface area contributed by atoms with Gasteiger partial charge in [-0.05, 0) is 36.9 Å². The molecule has 0 spiro atoms. The maximum atomic E-state index is 10.8. The van der Waals surface area contributed by atoms with Gasteiger partial charge in [-0.2, -0.15) is 0 Å². The minimum Gasteiger partial charge on any atom is -0.387 e. The molecule has 1 fully saturated rings. The van der Waals surface area contributed by atoms with Gasteiger partial charge in [0, 0.05) is 31.7 Å². The van der Waals surface area contributed by atoms with Crippen molar-refractivity contribution in [3.63, 3.8) is 0 Å². The Labute approximate surface area is 128 Å². The highest BCUT2D eigenvalue weighted by Crippen LogP contribution is 2.40. The Kier molecular flexibility index (Phi) is 4.34. The molecular weight excluding hydrogens is 260 g/mol. The molecule has 2 aliphatic rings. The smallest absolute Gasteiger partial charge is 0.0948 e. The molecule has 1 heterocycles. The third-order valence-corrected chi connectivity index (χ3v) is 5.48. The molecule has 3 rings (SSSR count). The standard InChI is InChI=1S/C18H28N2O/c1-4-19-9-10-20(12-14(19)3)17-11-13(2)15-7-5-6-8-16(15)18(17)21/h5-8,13-14,17-18,21H,4,9-12H2,1-3H3. The van der Waals surface area contributed by atoms with Crippen LogP contribution >= 0.6 is 0 Å². The van der Waals surface area contributed by atoms with Gasteiger partial charge in [0.1, 0.15) is 0 Å². The van der Waals surface area contributed by atoms with E-state index in [0.29, 0.717) is 12.0 Å². The van der Waals surface area contributed by atoms with Gasteiger partial charge in [-0.15, -0.1) is 0 Å². The number of hydrogen-bond acceptors (Lipinski definition) is 3. The highest BCUT2D eigenvalue weighted by molar-refractivity contribution is 5.35. The van der Waals surface area contributed by atoms with E-state index in [0.717, 1.165) is 38.2 Å².